The zero-order valence-electron chi connectivity index (χ0n) is 21.6. The van der Waals surface area contributed by atoms with E-state index in [9.17, 15) is 14.4 Å². The first kappa shape index (κ1) is 32.2. The minimum atomic E-state index is -0.677. The zero-order chi connectivity index (χ0) is 24.9. The number of hydrogen-bond donors (Lipinski definition) is 1. The van der Waals surface area contributed by atoms with Crippen molar-refractivity contribution in [3.05, 3.63) is 18.7 Å². The molecule has 1 rings (SSSR count). The summed E-state index contributed by atoms with van der Waals surface area (Å²) in [6.07, 6.45) is 14.9. The first-order valence-corrected chi connectivity index (χ1v) is 12.3. The van der Waals surface area contributed by atoms with E-state index in [1.54, 1.807) is 26.4 Å². The highest BCUT2D eigenvalue weighted by Crippen LogP contribution is 2.10. The lowest BCUT2D eigenvalue weighted by atomic mass is 10.00. The van der Waals surface area contributed by atoms with E-state index in [1.807, 2.05) is 24.6 Å². The average Bonchev–Trinajstić information content (AvgIpc) is 3.27. The van der Waals surface area contributed by atoms with E-state index in [2.05, 4.69) is 25.8 Å². The van der Waals surface area contributed by atoms with Gasteiger partial charge in [-0.05, 0) is 26.2 Å². The Morgan fingerprint density at radius 3 is 1.69 bits per heavy atom. The number of imidazole rings is 1. The summed E-state index contributed by atoms with van der Waals surface area (Å²) in [6, 6.07) is 0. The molecule has 0 bridgehead atoms. The van der Waals surface area contributed by atoms with Gasteiger partial charge >= 0.3 is 5.97 Å². The van der Waals surface area contributed by atoms with Gasteiger partial charge in [0.05, 0.1) is 18.8 Å². The second kappa shape index (κ2) is 20.9. The Kier molecular flexibility index (Phi) is 21.0. The largest absolute Gasteiger partial charge is 0.481 e. The molecule has 0 aliphatic rings. The molecule has 0 amide bonds. The molecule has 0 aliphatic heterocycles. The molecule has 1 aromatic heterocycles. The van der Waals surface area contributed by atoms with Crippen molar-refractivity contribution in [1.82, 2.24) is 9.55 Å². The normalized spacial score (nSPS) is 13.0. The number of aliphatic carboxylic acids is 1. The molecule has 1 aromatic rings. The van der Waals surface area contributed by atoms with Gasteiger partial charge in [-0.25, -0.2) is 4.98 Å². The maximum absolute atomic E-state index is 11.7. The third-order valence-electron chi connectivity index (χ3n) is 5.53. The first-order chi connectivity index (χ1) is 15.1. The van der Waals surface area contributed by atoms with Crippen LogP contribution in [0.2, 0.25) is 0 Å². The summed E-state index contributed by atoms with van der Waals surface area (Å²) in [5, 5.41) is 8.41. The Morgan fingerprint density at radius 2 is 1.31 bits per heavy atom. The minimum Gasteiger partial charge on any atom is -0.481 e. The van der Waals surface area contributed by atoms with Crippen molar-refractivity contribution < 1.29 is 19.5 Å². The molecule has 186 valence electrons. The van der Waals surface area contributed by atoms with Crippen LogP contribution in [-0.4, -0.2) is 32.2 Å². The fourth-order valence-corrected chi connectivity index (χ4v) is 2.73. The van der Waals surface area contributed by atoms with Gasteiger partial charge in [-0.2, -0.15) is 0 Å². The summed E-state index contributed by atoms with van der Waals surface area (Å²) in [7, 11) is 0. The molecule has 0 aliphatic carbocycles. The van der Waals surface area contributed by atoms with Crippen molar-refractivity contribution in [3.8, 4) is 0 Å². The number of carboxylic acids is 1. The van der Waals surface area contributed by atoms with Crippen LogP contribution in [0.4, 0.5) is 0 Å². The number of ketones is 2. The van der Waals surface area contributed by atoms with E-state index in [0.717, 1.165) is 44.9 Å². The highest BCUT2D eigenvalue weighted by molar-refractivity contribution is 5.80. The monoisotopic (exact) mass is 452 g/mol. The standard InChI is InChI=1S/C11H18N2O.C8H16O.C7H14O2/c1-3-4-5-10(2)11(14)8-13-7-6-12-9-13;1-4-5-6-7(2)8(3)9;1-3-4-5-6(2)7(8)9/h6-7,9-10H,3-5,8H2,1-2H3;7H,4-6H2,1-3H3;6H,3-5H2,1-2H3,(H,8,9). The van der Waals surface area contributed by atoms with Crippen LogP contribution in [0, 0.1) is 17.8 Å². The Hall–Kier alpha value is -1.98. The topological polar surface area (TPSA) is 89.3 Å². The lowest BCUT2D eigenvalue weighted by Crippen LogP contribution is -2.17. The number of unbranched alkanes of at least 4 members (excludes halogenated alkanes) is 3. The molecule has 0 saturated heterocycles. The second-order valence-electron chi connectivity index (χ2n) is 8.78. The number of carboxylic acid groups (broad SMARTS) is 1. The molecule has 6 nitrogen and oxygen atoms in total. The van der Waals surface area contributed by atoms with Gasteiger partial charge in [0, 0.05) is 24.2 Å². The predicted molar refractivity (Wildman–Crippen MR) is 132 cm³/mol. The highest BCUT2D eigenvalue weighted by Gasteiger charge is 2.12. The Bertz CT molecular complexity index is 575. The summed E-state index contributed by atoms with van der Waals surface area (Å²) < 4.78 is 1.82. The molecule has 1 N–H and O–H groups in total. The van der Waals surface area contributed by atoms with Crippen molar-refractivity contribution in [3.63, 3.8) is 0 Å². The molecule has 0 saturated carbocycles. The maximum Gasteiger partial charge on any atom is 0.306 e. The minimum absolute atomic E-state index is 0.162. The van der Waals surface area contributed by atoms with E-state index < -0.39 is 5.97 Å². The van der Waals surface area contributed by atoms with Crippen LogP contribution in [0.1, 0.15) is 106 Å². The summed E-state index contributed by atoms with van der Waals surface area (Å²) >= 11 is 0. The van der Waals surface area contributed by atoms with E-state index in [0.29, 0.717) is 18.1 Å². The zero-order valence-corrected chi connectivity index (χ0v) is 21.6. The number of Topliss-reactive ketones (excluding diaryl/α,β-unsaturated/α-hetero) is 2. The van der Waals surface area contributed by atoms with Crippen LogP contribution in [0.3, 0.4) is 0 Å². The van der Waals surface area contributed by atoms with Crippen molar-refractivity contribution in [2.75, 3.05) is 0 Å². The summed E-state index contributed by atoms with van der Waals surface area (Å²) in [5.74, 6) is 0.246. The summed E-state index contributed by atoms with van der Waals surface area (Å²) in [4.78, 5) is 36.4. The molecule has 3 unspecified atom stereocenters. The molecule has 1 heterocycles. The molecular formula is C26H48N2O4. The van der Waals surface area contributed by atoms with Gasteiger partial charge in [0.15, 0.2) is 5.78 Å². The molecule has 0 aromatic carbocycles. The fourth-order valence-electron chi connectivity index (χ4n) is 2.73. The van der Waals surface area contributed by atoms with E-state index >= 15 is 0 Å². The van der Waals surface area contributed by atoms with Gasteiger partial charge in [-0.1, -0.05) is 80.1 Å². The number of hydrogen-bond acceptors (Lipinski definition) is 4. The highest BCUT2D eigenvalue weighted by atomic mass is 16.4. The Balaban J connectivity index is 0. The van der Waals surface area contributed by atoms with Crippen molar-refractivity contribution in [1.29, 1.82) is 0 Å². The Morgan fingerprint density at radius 1 is 0.844 bits per heavy atom. The predicted octanol–water partition coefficient (Wildman–Crippen LogP) is 6.58. The molecule has 6 heteroatoms. The summed E-state index contributed by atoms with van der Waals surface area (Å²) in [5.41, 5.74) is 0. The fraction of sp³-hybridized carbons (Fsp3) is 0.769. The molecule has 0 spiro atoms. The van der Waals surface area contributed by atoms with Gasteiger partial charge in [0.2, 0.25) is 0 Å². The molecule has 0 radical (unpaired) electrons. The number of rotatable bonds is 14. The van der Waals surface area contributed by atoms with Crippen LogP contribution in [0.5, 0.6) is 0 Å². The van der Waals surface area contributed by atoms with Gasteiger partial charge in [0.25, 0.3) is 0 Å². The van der Waals surface area contributed by atoms with E-state index in [4.69, 9.17) is 5.11 Å². The van der Waals surface area contributed by atoms with Gasteiger partial charge < -0.3 is 9.67 Å². The van der Waals surface area contributed by atoms with Crippen molar-refractivity contribution in [2.45, 2.75) is 113 Å². The molecule has 0 fully saturated rings. The SMILES string of the molecule is CCCCC(C)C(=O)Cn1ccnc1.CCCCC(C)C(=O)O.CCCCC(C)C(C)=O. The van der Waals surface area contributed by atoms with Crippen LogP contribution >= 0.6 is 0 Å². The number of carbonyl (C=O) groups excluding carboxylic acids is 2. The van der Waals surface area contributed by atoms with Crippen LogP contribution in [0.15, 0.2) is 18.7 Å². The average molecular weight is 453 g/mol. The van der Waals surface area contributed by atoms with Crippen LogP contribution < -0.4 is 0 Å². The molecule has 3 atom stereocenters. The second-order valence-corrected chi connectivity index (χ2v) is 8.78. The van der Waals surface area contributed by atoms with Gasteiger partial charge in [-0.3, -0.25) is 14.4 Å². The third kappa shape index (κ3) is 18.8. The molecule has 32 heavy (non-hydrogen) atoms. The number of aromatic nitrogens is 2. The van der Waals surface area contributed by atoms with Gasteiger partial charge in [-0.15, -0.1) is 0 Å². The number of nitrogens with zero attached hydrogens (tertiary/aromatic N) is 2. The maximum atomic E-state index is 11.7. The van der Waals surface area contributed by atoms with Crippen molar-refractivity contribution in [2.24, 2.45) is 17.8 Å². The number of carbonyl (C=O) groups is 3. The van der Waals surface area contributed by atoms with Crippen LogP contribution in [-0.2, 0) is 20.9 Å². The van der Waals surface area contributed by atoms with Crippen LogP contribution in [0.25, 0.3) is 0 Å². The lowest BCUT2D eigenvalue weighted by molar-refractivity contribution is -0.141. The van der Waals surface area contributed by atoms with Crippen molar-refractivity contribution >= 4 is 17.5 Å². The quantitative estimate of drug-likeness (QED) is 0.344. The van der Waals surface area contributed by atoms with Gasteiger partial charge in [0.1, 0.15) is 5.78 Å². The lowest BCUT2D eigenvalue weighted by Gasteiger charge is -2.09. The van der Waals surface area contributed by atoms with E-state index in [-0.39, 0.29) is 17.8 Å². The summed E-state index contributed by atoms with van der Waals surface area (Å²) in [6.45, 7) is 14.2. The Labute approximate surface area is 196 Å². The molecular weight excluding hydrogens is 404 g/mol. The third-order valence-corrected chi connectivity index (χ3v) is 5.53. The smallest absolute Gasteiger partial charge is 0.306 e. The first-order valence-electron chi connectivity index (χ1n) is 12.3. The van der Waals surface area contributed by atoms with E-state index in [1.165, 1.54) is 12.8 Å².